The third-order valence-corrected chi connectivity index (χ3v) is 5.77. The molecule has 0 fully saturated rings. The first kappa shape index (κ1) is 25.1. The summed E-state index contributed by atoms with van der Waals surface area (Å²) >= 11 is 0. The van der Waals surface area contributed by atoms with Gasteiger partial charge in [0.05, 0.1) is 14.2 Å². The number of benzene rings is 2. The largest absolute Gasteiger partial charge is 0.495 e. The number of alkyl halides is 2. The van der Waals surface area contributed by atoms with Crippen molar-refractivity contribution < 1.29 is 36.2 Å². The molecule has 0 aromatic heterocycles. The van der Waals surface area contributed by atoms with Crippen molar-refractivity contribution in [1.82, 2.24) is 10.0 Å². The molecule has 11 heteroatoms. The molecule has 0 aliphatic rings. The smallest absolute Gasteiger partial charge is 0.387 e. The molecule has 0 radical (unpaired) electrons. The van der Waals surface area contributed by atoms with Crippen molar-refractivity contribution >= 4 is 22.0 Å². The fraction of sp³-hybridized carbons (Fsp3) is 0.286. The molecule has 2 N–H and O–H groups in total. The molecule has 0 aliphatic heterocycles. The zero-order chi connectivity index (χ0) is 23.7. The Morgan fingerprint density at radius 1 is 1.06 bits per heavy atom. The van der Waals surface area contributed by atoms with E-state index in [1.165, 1.54) is 57.7 Å². The van der Waals surface area contributed by atoms with Gasteiger partial charge in [-0.3, -0.25) is 4.79 Å². The van der Waals surface area contributed by atoms with Crippen LogP contribution in [0.25, 0.3) is 6.08 Å². The van der Waals surface area contributed by atoms with E-state index < -0.39 is 22.5 Å². The van der Waals surface area contributed by atoms with Crippen molar-refractivity contribution in [1.29, 1.82) is 0 Å². The Hall–Kier alpha value is -3.18. The minimum absolute atomic E-state index is 0.0496. The second kappa shape index (κ2) is 11.4. The van der Waals surface area contributed by atoms with E-state index in [0.717, 1.165) is 0 Å². The summed E-state index contributed by atoms with van der Waals surface area (Å²) in [6, 6.07) is 9.10. The normalized spacial score (nSPS) is 11.6. The molecule has 0 saturated heterocycles. The number of ether oxygens (including phenoxy) is 3. The van der Waals surface area contributed by atoms with Crippen LogP contribution in [0.2, 0.25) is 0 Å². The third kappa shape index (κ3) is 6.92. The fourth-order valence-electron chi connectivity index (χ4n) is 2.74. The minimum Gasteiger partial charge on any atom is -0.495 e. The SMILES string of the molecule is CNS(=O)(=O)c1cc(/C=C/C(=O)NCCc2ccc(OC)c(OC(F)F)c2)ccc1OC. The van der Waals surface area contributed by atoms with Gasteiger partial charge < -0.3 is 19.5 Å². The number of nitrogens with one attached hydrogen (secondary N) is 2. The van der Waals surface area contributed by atoms with Crippen molar-refractivity contribution in [2.24, 2.45) is 0 Å². The first-order chi connectivity index (χ1) is 15.2. The van der Waals surface area contributed by atoms with Crippen LogP contribution in [0.3, 0.4) is 0 Å². The summed E-state index contributed by atoms with van der Waals surface area (Å²) in [6.45, 7) is -2.74. The van der Waals surface area contributed by atoms with E-state index in [1.807, 2.05) is 0 Å². The summed E-state index contributed by atoms with van der Waals surface area (Å²) in [6.07, 6.45) is 3.10. The van der Waals surface area contributed by atoms with Gasteiger partial charge in [-0.15, -0.1) is 0 Å². The maximum atomic E-state index is 12.5. The zero-order valence-electron chi connectivity index (χ0n) is 17.7. The molecule has 0 unspecified atom stereocenters. The average molecular weight is 470 g/mol. The Morgan fingerprint density at radius 3 is 2.38 bits per heavy atom. The highest BCUT2D eigenvalue weighted by atomic mass is 32.2. The number of carbonyl (C=O) groups excluding carboxylic acids is 1. The summed E-state index contributed by atoms with van der Waals surface area (Å²) in [7, 11) is 0.256. The standard InChI is InChI=1S/C21H24F2N2O6S/c1-24-32(27,28)19-13-14(5-8-17(19)30-3)6-9-20(26)25-11-10-15-4-7-16(29-2)18(12-15)31-21(22)23/h4-9,12-13,21,24H,10-11H2,1-3H3,(H,25,26)/b9-6+. The Labute approximate surface area is 185 Å². The summed E-state index contributed by atoms with van der Waals surface area (Å²) in [4.78, 5) is 12.0. The van der Waals surface area contributed by atoms with E-state index in [2.05, 4.69) is 14.8 Å². The van der Waals surface area contributed by atoms with Gasteiger partial charge in [-0.25, -0.2) is 13.1 Å². The number of rotatable bonds is 11. The van der Waals surface area contributed by atoms with Gasteiger partial charge >= 0.3 is 6.61 Å². The number of halogens is 2. The van der Waals surface area contributed by atoms with Gasteiger partial charge in [0.15, 0.2) is 11.5 Å². The first-order valence-electron chi connectivity index (χ1n) is 9.39. The van der Waals surface area contributed by atoms with Crippen molar-refractivity contribution in [3.63, 3.8) is 0 Å². The maximum absolute atomic E-state index is 12.5. The van der Waals surface area contributed by atoms with Crippen molar-refractivity contribution in [3.8, 4) is 17.2 Å². The Kier molecular flexibility index (Phi) is 8.97. The van der Waals surface area contributed by atoms with Crippen LogP contribution < -0.4 is 24.2 Å². The molecule has 2 rings (SSSR count). The zero-order valence-corrected chi connectivity index (χ0v) is 18.5. The lowest BCUT2D eigenvalue weighted by molar-refractivity contribution is -0.116. The number of carbonyl (C=O) groups is 1. The highest BCUT2D eigenvalue weighted by molar-refractivity contribution is 7.89. The lowest BCUT2D eigenvalue weighted by atomic mass is 10.1. The lowest BCUT2D eigenvalue weighted by Crippen LogP contribution is -2.23. The quantitative estimate of drug-likeness (QED) is 0.490. The van der Waals surface area contributed by atoms with Gasteiger partial charge in [0, 0.05) is 12.6 Å². The molecule has 0 bridgehead atoms. The van der Waals surface area contributed by atoms with E-state index >= 15 is 0 Å². The van der Waals surface area contributed by atoms with Crippen LogP contribution in [-0.2, 0) is 21.2 Å². The van der Waals surface area contributed by atoms with Crippen LogP contribution in [0.5, 0.6) is 17.2 Å². The number of amides is 1. The maximum Gasteiger partial charge on any atom is 0.387 e. The van der Waals surface area contributed by atoms with Crippen LogP contribution in [0.4, 0.5) is 8.78 Å². The highest BCUT2D eigenvalue weighted by Crippen LogP contribution is 2.29. The van der Waals surface area contributed by atoms with E-state index in [1.54, 1.807) is 12.1 Å². The second-order valence-corrected chi connectivity index (χ2v) is 8.21. The van der Waals surface area contributed by atoms with E-state index in [4.69, 9.17) is 9.47 Å². The molecule has 0 heterocycles. The monoisotopic (exact) mass is 470 g/mol. The molecular weight excluding hydrogens is 446 g/mol. The molecule has 8 nitrogen and oxygen atoms in total. The van der Waals surface area contributed by atoms with E-state index in [-0.39, 0.29) is 28.7 Å². The van der Waals surface area contributed by atoms with Gasteiger partial charge in [-0.1, -0.05) is 12.1 Å². The van der Waals surface area contributed by atoms with Gasteiger partial charge in [-0.2, -0.15) is 8.78 Å². The van der Waals surface area contributed by atoms with Crippen LogP contribution in [0, 0.1) is 0 Å². The van der Waals surface area contributed by atoms with Gasteiger partial charge in [0.2, 0.25) is 15.9 Å². The van der Waals surface area contributed by atoms with Crippen LogP contribution in [0.15, 0.2) is 47.4 Å². The van der Waals surface area contributed by atoms with Crippen molar-refractivity contribution in [3.05, 3.63) is 53.6 Å². The molecule has 2 aromatic rings. The van der Waals surface area contributed by atoms with Crippen LogP contribution >= 0.6 is 0 Å². The van der Waals surface area contributed by atoms with E-state index in [0.29, 0.717) is 17.5 Å². The molecule has 1 amide bonds. The number of hydrogen-bond donors (Lipinski definition) is 2. The van der Waals surface area contributed by atoms with Gasteiger partial charge in [-0.05, 0) is 54.9 Å². The minimum atomic E-state index is -3.74. The first-order valence-corrected chi connectivity index (χ1v) is 10.9. The molecule has 32 heavy (non-hydrogen) atoms. The van der Waals surface area contributed by atoms with Gasteiger partial charge in [0.1, 0.15) is 10.6 Å². The predicted octanol–water partition coefficient (Wildman–Crippen LogP) is 2.59. The molecule has 0 atom stereocenters. The predicted molar refractivity (Wildman–Crippen MR) is 115 cm³/mol. The second-order valence-electron chi connectivity index (χ2n) is 6.36. The summed E-state index contributed by atoms with van der Waals surface area (Å²) in [5, 5.41) is 2.67. The lowest BCUT2D eigenvalue weighted by Gasteiger charge is -2.11. The summed E-state index contributed by atoms with van der Waals surface area (Å²) < 4.78 is 66.0. The highest BCUT2D eigenvalue weighted by Gasteiger charge is 2.17. The molecular formula is C21H24F2N2O6S. The van der Waals surface area contributed by atoms with E-state index in [9.17, 15) is 22.0 Å². The van der Waals surface area contributed by atoms with Gasteiger partial charge in [0.25, 0.3) is 0 Å². The number of sulfonamides is 1. The Bertz CT molecular complexity index is 1070. The van der Waals surface area contributed by atoms with Crippen LogP contribution in [-0.4, -0.2) is 48.7 Å². The molecule has 174 valence electrons. The molecule has 2 aromatic carbocycles. The number of methoxy groups -OCH3 is 2. The van der Waals surface area contributed by atoms with Crippen molar-refractivity contribution in [2.45, 2.75) is 17.9 Å². The molecule has 0 spiro atoms. The average Bonchev–Trinajstić information content (AvgIpc) is 2.77. The van der Waals surface area contributed by atoms with Crippen molar-refractivity contribution in [2.75, 3.05) is 27.8 Å². The number of hydrogen-bond acceptors (Lipinski definition) is 6. The topological polar surface area (TPSA) is 103 Å². The third-order valence-electron chi connectivity index (χ3n) is 4.33. The Morgan fingerprint density at radius 2 is 1.75 bits per heavy atom. The summed E-state index contributed by atoms with van der Waals surface area (Å²) in [5.74, 6) is -0.134. The molecule has 0 saturated carbocycles. The summed E-state index contributed by atoms with van der Waals surface area (Å²) in [5.41, 5.74) is 1.15. The Balaban J connectivity index is 2.00. The van der Waals surface area contributed by atoms with Crippen LogP contribution in [0.1, 0.15) is 11.1 Å². The fourth-order valence-corrected chi connectivity index (χ4v) is 3.67. The molecule has 0 aliphatic carbocycles.